The van der Waals surface area contributed by atoms with Crippen LogP contribution in [0.2, 0.25) is 0 Å². The predicted molar refractivity (Wildman–Crippen MR) is 125 cm³/mol. The van der Waals surface area contributed by atoms with E-state index in [2.05, 4.69) is 19.2 Å². The monoisotopic (exact) mass is 462 g/mol. The van der Waals surface area contributed by atoms with Gasteiger partial charge in [-0.1, -0.05) is 26.0 Å². The van der Waals surface area contributed by atoms with Crippen LogP contribution in [0.25, 0.3) is 0 Å². The fourth-order valence-corrected chi connectivity index (χ4v) is 3.54. The summed E-state index contributed by atoms with van der Waals surface area (Å²) < 4.78 is 16.4. The van der Waals surface area contributed by atoms with Gasteiger partial charge in [0.05, 0.1) is 18.5 Å². The van der Waals surface area contributed by atoms with Crippen molar-refractivity contribution in [2.24, 2.45) is 0 Å². The summed E-state index contributed by atoms with van der Waals surface area (Å²) in [4.78, 5) is 39.1. The van der Waals surface area contributed by atoms with Crippen LogP contribution in [-0.4, -0.2) is 37.4 Å². The number of nitrogens with zero attached hydrogens (tertiary/aromatic N) is 1. The molecular formula is C26H26N2O6. The van der Waals surface area contributed by atoms with Gasteiger partial charge in [0.15, 0.2) is 19.0 Å². The molecule has 0 atom stereocenters. The minimum Gasteiger partial charge on any atom is -0.485 e. The highest BCUT2D eigenvalue weighted by molar-refractivity contribution is 6.04. The van der Waals surface area contributed by atoms with Gasteiger partial charge >= 0.3 is 0 Å². The van der Waals surface area contributed by atoms with E-state index in [1.807, 2.05) is 24.3 Å². The Morgan fingerprint density at radius 1 is 1.12 bits per heavy atom. The quantitative estimate of drug-likeness (QED) is 0.487. The lowest BCUT2D eigenvalue weighted by atomic mass is 10.0. The average molecular weight is 463 g/mol. The van der Waals surface area contributed by atoms with E-state index in [0.29, 0.717) is 34.4 Å². The van der Waals surface area contributed by atoms with E-state index in [-0.39, 0.29) is 43.9 Å². The van der Waals surface area contributed by atoms with Gasteiger partial charge in [-0.3, -0.25) is 19.3 Å². The third kappa shape index (κ3) is 5.46. The Morgan fingerprint density at radius 3 is 2.74 bits per heavy atom. The van der Waals surface area contributed by atoms with Crippen LogP contribution in [0.3, 0.4) is 0 Å². The summed E-state index contributed by atoms with van der Waals surface area (Å²) in [6.45, 7) is 3.85. The largest absolute Gasteiger partial charge is 0.485 e. The lowest BCUT2D eigenvalue weighted by molar-refractivity contribution is -0.125. The van der Waals surface area contributed by atoms with Crippen molar-refractivity contribution >= 4 is 23.3 Å². The van der Waals surface area contributed by atoms with Crippen molar-refractivity contribution in [3.05, 3.63) is 77.7 Å². The number of furan rings is 1. The van der Waals surface area contributed by atoms with E-state index in [9.17, 15) is 14.4 Å². The van der Waals surface area contributed by atoms with Crippen molar-refractivity contribution < 1.29 is 28.3 Å². The molecule has 4 rings (SSSR count). The second kappa shape index (κ2) is 10.2. The topological polar surface area (TPSA) is 98.1 Å². The molecule has 2 heterocycles. The number of hydrogen-bond acceptors (Lipinski definition) is 6. The van der Waals surface area contributed by atoms with Gasteiger partial charge in [-0.15, -0.1) is 0 Å². The van der Waals surface area contributed by atoms with Crippen molar-refractivity contribution in [1.82, 2.24) is 5.32 Å². The molecule has 0 fully saturated rings. The normalized spacial score (nSPS) is 12.8. The molecule has 0 saturated carbocycles. The zero-order valence-corrected chi connectivity index (χ0v) is 19.1. The number of amides is 2. The van der Waals surface area contributed by atoms with Gasteiger partial charge in [0, 0.05) is 5.56 Å². The number of nitrogens with one attached hydrogen (secondary N) is 1. The smallest absolute Gasteiger partial charge is 0.265 e. The summed E-state index contributed by atoms with van der Waals surface area (Å²) in [5.41, 5.74) is 1.85. The molecule has 1 N–H and O–H groups in total. The number of hydrogen-bond donors (Lipinski definition) is 1. The molecular weight excluding hydrogens is 436 g/mol. The number of ether oxygens (including phenoxy) is 2. The molecule has 0 radical (unpaired) electrons. The molecule has 1 aliphatic rings. The molecule has 0 unspecified atom stereocenters. The Hall–Kier alpha value is -4.07. The number of Topliss-reactive ketones (excluding diaryl/α,β-unsaturated/α-hetero) is 1. The van der Waals surface area contributed by atoms with Crippen LogP contribution in [0, 0.1) is 0 Å². The maximum Gasteiger partial charge on any atom is 0.265 e. The molecule has 0 bridgehead atoms. The first kappa shape index (κ1) is 23.1. The number of benzene rings is 2. The first-order valence-electron chi connectivity index (χ1n) is 11.0. The molecule has 0 aliphatic carbocycles. The first-order chi connectivity index (χ1) is 16.4. The van der Waals surface area contributed by atoms with E-state index in [1.165, 1.54) is 11.2 Å². The van der Waals surface area contributed by atoms with Crippen LogP contribution in [0.5, 0.6) is 11.5 Å². The van der Waals surface area contributed by atoms with Crippen LogP contribution in [0.1, 0.15) is 41.4 Å². The van der Waals surface area contributed by atoms with E-state index in [4.69, 9.17) is 13.9 Å². The molecule has 0 saturated heterocycles. The van der Waals surface area contributed by atoms with Gasteiger partial charge in [0.1, 0.15) is 23.8 Å². The molecule has 2 aromatic carbocycles. The number of carbonyl (C=O) groups excluding carboxylic acids is 3. The number of ketones is 1. The fraction of sp³-hybridized carbons (Fsp3) is 0.269. The first-order valence-corrected chi connectivity index (χ1v) is 11.0. The van der Waals surface area contributed by atoms with E-state index in [0.717, 1.165) is 5.56 Å². The van der Waals surface area contributed by atoms with Crippen molar-refractivity contribution in [2.45, 2.75) is 26.3 Å². The van der Waals surface area contributed by atoms with E-state index in [1.54, 1.807) is 30.3 Å². The molecule has 2 amide bonds. The fourth-order valence-electron chi connectivity index (χ4n) is 3.54. The van der Waals surface area contributed by atoms with Gasteiger partial charge in [-0.05, 0) is 53.9 Å². The Balaban J connectivity index is 1.44. The third-order valence-corrected chi connectivity index (χ3v) is 5.46. The molecule has 8 heteroatoms. The standard InChI is InChI=1S/C26H26N2O6/c1-17(2)18-5-3-6-20(11-18)33-15-23(29)19-8-9-24-22(12-19)28(26(31)16-34-24)14-25(30)27-13-21-7-4-10-32-21/h3-12,17H,13-16H2,1-2H3,(H,27,30). The van der Waals surface area contributed by atoms with Crippen LogP contribution < -0.4 is 19.7 Å². The molecule has 8 nitrogen and oxygen atoms in total. The summed E-state index contributed by atoms with van der Waals surface area (Å²) in [7, 11) is 0. The molecule has 1 aromatic heterocycles. The number of anilines is 1. The third-order valence-electron chi connectivity index (χ3n) is 5.46. The summed E-state index contributed by atoms with van der Waals surface area (Å²) >= 11 is 0. The molecule has 1 aliphatic heterocycles. The minimum atomic E-state index is -0.369. The van der Waals surface area contributed by atoms with Gasteiger partial charge in [-0.2, -0.15) is 0 Å². The van der Waals surface area contributed by atoms with E-state index < -0.39 is 0 Å². The Labute approximate surface area is 197 Å². The van der Waals surface area contributed by atoms with Gasteiger partial charge in [0.25, 0.3) is 5.91 Å². The number of carbonyl (C=O) groups is 3. The maximum atomic E-state index is 12.8. The Kier molecular flexibility index (Phi) is 6.96. The summed E-state index contributed by atoms with van der Waals surface area (Å²) in [6.07, 6.45) is 1.52. The van der Waals surface area contributed by atoms with Gasteiger partial charge < -0.3 is 19.2 Å². The highest BCUT2D eigenvalue weighted by Crippen LogP contribution is 2.33. The second-order valence-corrected chi connectivity index (χ2v) is 8.25. The average Bonchev–Trinajstić information content (AvgIpc) is 3.36. The lowest BCUT2D eigenvalue weighted by Gasteiger charge is -2.29. The van der Waals surface area contributed by atoms with Gasteiger partial charge in [-0.25, -0.2) is 0 Å². The maximum absolute atomic E-state index is 12.8. The predicted octanol–water partition coefficient (Wildman–Crippen LogP) is 3.71. The molecule has 176 valence electrons. The van der Waals surface area contributed by atoms with Crippen molar-refractivity contribution in [3.63, 3.8) is 0 Å². The summed E-state index contributed by atoms with van der Waals surface area (Å²) in [5, 5.41) is 2.72. The van der Waals surface area contributed by atoms with Crippen LogP contribution in [0.15, 0.2) is 65.3 Å². The van der Waals surface area contributed by atoms with Crippen molar-refractivity contribution in [1.29, 1.82) is 0 Å². The molecule has 3 aromatic rings. The summed E-state index contributed by atoms with van der Waals surface area (Å²) in [6, 6.07) is 15.9. The SMILES string of the molecule is CC(C)c1cccc(OCC(=O)c2ccc3c(c2)N(CC(=O)NCc2ccco2)C(=O)CO3)c1. The highest BCUT2D eigenvalue weighted by Gasteiger charge is 2.28. The minimum absolute atomic E-state index is 0.154. The van der Waals surface area contributed by atoms with Crippen LogP contribution in [-0.2, 0) is 16.1 Å². The number of rotatable bonds is 9. The van der Waals surface area contributed by atoms with Crippen molar-refractivity contribution in [3.8, 4) is 11.5 Å². The van der Waals surface area contributed by atoms with Gasteiger partial charge in [0.2, 0.25) is 5.91 Å². The van der Waals surface area contributed by atoms with Crippen LogP contribution >= 0.6 is 0 Å². The Bertz CT molecular complexity index is 1190. The zero-order chi connectivity index (χ0) is 24.1. The number of fused-ring (bicyclic) bond motifs is 1. The highest BCUT2D eigenvalue weighted by atomic mass is 16.5. The van der Waals surface area contributed by atoms with Crippen molar-refractivity contribution in [2.75, 3.05) is 24.7 Å². The summed E-state index contributed by atoms with van der Waals surface area (Å²) in [5.74, 6) is 1.02. The molecule has 34 heavy (non-hydrogen) atoms. The van der Waals surface area contributed by atoms with Crippen LogP contribution in [0.4, 0.5) is 5.69 Å². The zero-order valence-electron chi connectivity index (χ0n) is 19.1. The lowest BCUT2D eigenvalue weighted by Crippen LogP contribution is -2.45. The Morgan fingerprint density at radius 2 is 1.97 bits per heavy atom. The molecule has 0 spiro atoms. The van der Waals surface area contributed by atoms with E-state index >= 15 is 0 Å². The second-order valence-electron chi connectivity index (χ2n) is 8.25.